The fourth-order valence-electron chi connectivity index (χ4n) is 4.21. The zero-order chi connectivity index (χ0) is 20.8. The van der Waals surface area contributed by atoms with Gasteiger partial charge < -0.3 is 4.90 Å². The Morgan fingerprint density at radius 1 is 0.966 bits per heavy atom. The zero-order valence-electron chi connectivity index (χ0n) is 16.2. The lowest BCUT2D eigenvalue weighted by Gasteiger charge is -2.51. The number of likely N-dealkylation sites (tertiary alicyclic amines) is 1. The van der Waals surface area contributed by atoms with Gasteiger partial charge in [0.15, 0.2) is 5.78 Å². The maximum Gasteiger partial charge on any atom is 0.234 e. The van der Waals surface area contributed by atoms with Crippen molar-refractivity contribution >= 4 is 46.5 Å². The number of Topliss-reactive ketones (excluding diaryl/α,β-unsaturated/α-hetero) is 1. The molecule has 0 radical (unpaired) electrons. The number of carbonyl (C=O) groups excluding carboxylic acids is 2. The average Bonchev–Trinajstić information content (AvgIpc) is 3.47. The smallest absolute Gasteiger partial charge is 0.234 e. The van der Waals surface area contributed by atoms with Gasteiger partial charge in [0.2, 0.25) is 5.91 Å². The van der Waals surface area contributed by atoms with E-state index in [9.17, 15) is 9.59 Å². The molecule has 1 amide bonds. The fraction of sp³-hybridized carbons (Fsp3) is 0.391. The third-order valence-corrected chi connectivity index (χ3v) is 7.22. The van der Waals surface area contributed by atoms with Crippen molar-refractivity contribution in [2.45, 2.75) is 50.0 Å². The Balaban J connectivity index is 1.48. The van der Waals surface area contributed by atoms with Gasteiger partial charge in [0.1, 0.15) is 5.54 Å². The van der Waals surface area contributed by atoms with E-state index in [0.29, 0.717) is 40.9 Å². The SMILES string of the molecule is CC1(C(=O)CCc2ccc(Cl)cc2)CCN1C(=O)C1(c2ccc(Cl)cc2Cl)CC1. The molecule has 0 bridgehead atoms. The van der Waals surface area contributed by atoms with Crippen LogP contribution in [0.15, 0.2) is 42.5 Å². The largest absolute Gasteiger partial charge is 0.329 e. The number of amides is 1. The van der Waals surface area contributed by atoms with Crippen molar-refractivity contribution in [3.8, 4) is 0 Å². The number of hydrogen-bond donors (Lipinski definition) is 0. The van der Waals surface area contributed by atoms with Crippen molar-refractivity contribution in [3.63, 3.8) is 0 Å². The van der Waals surface area contributed by atoms with Crippen molar-refractivity contribution < 1.29 is 9.59 Å². The second-order valence-corrected chi connectivity index (χ2v) is 9.52. The number of hydrogen-bond acceptors (Lipinski definition) is 2. The molecule has 4 rings (SSSR count). The third kappa shape index (κ3) is 3.69. The summed E-state index contributed by atoms with van der Waals surface area (Å²) in [6, 6.07) is 12.8. The highest BCUT2D eigenvalue weighted by Crippen LogP contribution is 2.54. The minimum atomic E-state index is -0.738. The molecule has 1 atom stereocenters. The van der Waals surface area contributed by atoms with Gasteiger partial charge in [-0.1, -0.05) is 53.0 Å². The molecule has 1 saturated carbocycles. The second-order valence-electron chi connectivity index (χ2n) is 8.24. The lowest BCUT2D eigenvalue weighted by molar-refractivity contribution is -0.158. The second kappa shape index (κ2) is 7.61. The molecule has 0 aromatic heterocycles. The van der Waals surface area contributed by atoms with Gasteiger partial charge in [-0.3, -0.25) is 9.59 Å². The summed E-state index contributed by atoms with van der Waals surface area (Å²) in [6.07, 6.45) is 3.23. The lowest BCUT2D eigenvalue weighted by Crippen LogP contribution is -2.66. The first kappa shape index (κ1) is 20.7. The molecule has 1 aliphatic carbocycles. The summed E-state index contributed by atoms with van der Waals surface area (Å²) in [5, 5.41) is 1.74. The van der Waals surface area contributed by atoms with E-state index in [2.05, 4.69) is 0 Å². The number of halogens is 3. The highest BCUT2D eigenvalue weighted by molar-refractivity contribution is 6.35. The van der Waals surface area contributed by atoms with E-state index in [1.54, 1.807) is 17.0 Å². The fourth-order valence-corrected chi connectivity index (χ4v) is 4.93. The van der Waals surface area contributed by atoms with Crippen LogP contribution in [0.3, 0.4) is 0 Å². The van der Waals surface area contributed by atoms with Gasteiger partial charge in [0.25, 0.3) is 0 Å². The van der Waals surface area contributed by atoms with Crippen molar-refractivity contribution in [1.29, 1.82) is 0 Å². The molecule has 0 N–H and O–H groups in total. The predicted molar refractivity (Wildman–Crippen MR) is 117 cm³/mol. The van der Waals surface area contributed by atoms with Crippen LogP contribution in [-0.4, -0.2) is 28.7 Å². The van der Waals surface area contributed by atoms with E-state index in [1.165, 1.54) is 0 Å². The molecule has 2 aromatic rings. The van der Waals surface area contributed by atoms with E-state index < -0.39 is 11.0 Å². The van der Waals surface area contributed by atoms with Gasteiger partial charge in [-0.25, -0.2) is 0 Å². The Bertz CT molecular complexity index is 969. The van der Waals surface area contributed by atoms with Crippen LogP contribution in [0.2, 0.25) is 15.1 Å². The maximum absolute atomic E-state index is 13.4. The Hall–Kier alpha value is -1.55. The number of nitrogens with zero attached hydrogens (tertiary/aromatic N) is 1. The van der Waals surface area contributed by atoms with Crippen molar-refractivity contribution in [2.75, 3.05) is 6.54 Å². The molecule has 3 nitrogen and oxygen atoms in total. The molecular formula is C23H22Cl3NO2. The molecule has 1 aliphatic heterocycles. The summed E-state index contributed by atoms with van der Waals surface area (Å²) >= 11 is 18.3. The van der Waals surface area contributed by atoms with Gasteiger partial charge in [-0.2, -0.15) is 0 Å². The van der Waals surface area contributed by atoms with Crippen LogP contribution in [-0.2, 0) is 21.4 Å². The molecule has 1 unspecified atom stereocenters. The first-order valence-electron chi connectivity index (χ1n) is 9.82. The van der Waals surface area contributed by atoms with Gasteiger partial charge >= 0.3 is 0 Å². The lowest BCUT2D eigenvalue weighted by atomic mass is 9.78. The number of aryl methyl sites for hydroxylation is 1. The molecule has 29 heavy (non-hydrogen) atoms. The molecule has 1 saturated heterocycles. The van der Waals surface area contributed by atoms with Gasteiger partial charge in [-0.05, 0) is 68.0 Å². The standard InChI is InChI=1S/C23H22Cl3NO2/c1-22(20(28)9-4-15-2-5-16(24)6-3-15)12-13-27(22)21(29)23(10-11-23)18-8-7-17(25)14-19(18)26/h2-3,5-8,14H,4,9-13H2,1H3. The third-order valence-electron chi connectivity index (χ3n) is 6.42. The summed E-state index contributed by atoms with van der Waals surface area (Å²) in [6.45, 7) is 2.49. The number of benzene rings is 2. The molecular weight excluding hydrogens is 429 g/mol. The molecule has 2 aliphatic rings. The minimum Gasteiger partial charge on any atom is -0.329 e. The Morgan fingerprint density at radius 2 is 1.62 bits per heavy atom. The molecule has 0 spiro atoms. The summed E-state index contributed by atoms with van der Waals surface area (Å²) < 4.78 is 0. The Kier molecular flexibility index (Phi) is 5.43. The quantitative estimate of drug-likeness (QED) is 0.552. The van der Waals surface area contributed by atoms with Crippen LogP contribution < -0.4 is 0 Å². The number of carbonyl (C=O) groups is 2. The predicted octanol–water partition coefficient (Wildman–Crippen LogP) is 5.87. The van der Waals surface area contributed by atoms with E-state index in [1.807, 2.05) is 37.3 Å². The Morgan fingerprint density at radius 3 is 2.17 bits per heavy atom. The summed E-state index contributed by atoms with van der Waals surface area (Å²) in [5.41, 5.74) is 0.532. The van der Waals surface area contributed by atoms with Crippen LogP contribution in [0.25, 0.3) is 0 Å². The summed E-state index contributed by atoms with van der Waals surface area (Å²) in [7, 11) is 0. The van der Waals surface area contributed by atoms with E-state index >= 15 is 0 Å². The van der Waals surface area contributed by atoms with Crippen molar-refractivity contribution in [3.05, 3.63) is 68.7 Å². The van der Waals surface area contributed by atoms with Crippen LogP contribution in [0.5, 0.6) is 0 Å². The van der Waals surface area contributed by atoms with Crippen LogP contribution >= 0.6 is 34.8 Å². The van der Waals surface area contributed by atoms with Crippen molar-refractivity contribution in [1.82, 2.24) is 4.90 Å². The number of rotatable bonds is 6. The molecule has 2 fully saturated rings. The monoisotopic (exact) mass is 449 g/mol. The first-order valence-corrected chi connectivity index (χ1v) is 10.9. The van der Waals surface area contributed by atoms with Crippen LogP contribution in [0.4, 0.5) is 0 Å². The summed E-state index contributed by atoms with van der Waals surface area (Å²) in [5.74, 6) is 0.111. The topological polar surface area (TPSA) is 37.4 Å². The molecule has 1 heterocycles. The van der Waals surface area contributed by atoms with E-state index in [4.69, 9.17) is 34.8 Å². The van der Waals surface area contributed by atoms with Gasteiger partial charge in [0, 0.05) is 28.0 Å². The average molecular weight is 451 g/mol. The zero-order valence-corrected chi connectivity index (χ0v) is 18.4. The molecule has 2 aromatic carbocycles. The highest BCUT2D eigenvalue weighted by Gasteiger charge is 2.59. The van der Waals surface area contributed by atoms with Gasteiger partial charge in [0.05, 0.1) is 5.41 Å². The van der Waals surface area contributed by atoms with Crippen LogP contribution in [0, 0.1) is 0 Å². The highest BCUT2D eigenvalue weighted by atomic mass is 35.5. The molecule has 152 valence electrons. The van der Waals surface area contributed by atoms with Crippen molar-refractivity contribution in [2.24, 2.45) is 0 Å². The molecule has 6 heteroatoms. The van der Waals surface area contributed by atoms with E-state index in [-0.39, 0.29) is 11.7 Å². The minimum absolute atomic E-state index is 0.00955. The first-order chi connectivity index (χ1) is 13.8. The normalized spacial score (nSPS) is 22.1. The maximum atomic E-state index is 13.4. The van der Waals surface area contributed by atoms with Gasteiger partial charge in [-0.15, -0.1) is 0 Å². The Labute approximate surface area is 185 Å². The number of ketones is 1. The summed E-state index contributed by atoms with van der Waals surface area (Å²) in [4.78, 5) is 28.2. The van der Waals surface area contributed by atoms with E-state index in [0.717, 1.165) is 24.0 Å². The van der Waals surface area contributed by atoms with Crippen LogP contribution in [0.1, 0.15) is 43.7 Å².